The molecule has 1 aliphatic carbocycles. The summed E-state index contributed by atoms with van der Waals surface area (Å²) in [7, 11) is -3.20. The van der Waals surface area contributed by atoms with Crippen LogP contribution in [-0.2, 0) is 9.84 Å². The number of sulfone groups is 1. The van der Waals surface area contributed by atoms with E-state index in [1.165, 1.54) is 12.1 Å². The van der Waals surface area contributed by atoms with Crippen LogP contribution < -0.4 is 5.32 Å². The van der Waals surface area contributed by atoms with Gasteiger partial charge >= 0.3 is 0 Å². The van der Waals surface area contributed by atoms with Crippen LogP contribution in [0.2, 0.25) is 0 Å². The number of hydrogen-bond acceptors (Lipinski definition) is 5. The zero-order chi connectivity index (χ0) is 15.5. The third-order valence-electron chi connectivity index (χ3n) is 3.98. The highest BCUT2D eigenvalue weighted by Gasteiger charge is 2.22. The topological polar surface area (TPSA) is 86.6 Å². The van der Waals surface area contributed by atoms with Crippen LogP contribution in [0.3, 0.4) is 0 Å². The average Bonchev–Trinajstić information content (AvgIpc) is 2.83. The first-order chi connectivity index (χ1) is 9.86. The van der Waals surface area contributed by atoms with Gasteiger partial charge in [0.15, 0.2) is 9.84 Å². The van der Waals surface area contributed by atoms with E-state index in [9.17, 15) is 18.6 Å². The number of aliphatic hydroxyl groups is 2. The lowest BCUT2D eigenvalue weighted by molar-refractivity contribution is 0.167. The molecule has 1 aromatic rings. The van der Waals surface area contributed by atoms with Crippen LogP contribution in [-0.4, -0.2) is 44.1 Å². The molecule has 21 heavy (non-hydrogen) atoms. The first kappa shape index (κ1) is 16.4. The van der Waals surface area contributed by atoms with E-state index in [-0.39, 0.29) is 11.0 Å². The van der Waals surface area contributed by atoms with Crippen LogP contribution in [0.15, 0.2) is 29.2 Å². The molecular weight excluding hydrogens is 290 g/mol. The summed E-state index contributed by atoms with van der Waals surface area (Å²) < 4.78 is 22.7. The Hall–Kier alpha value is -0.950. The average molecular weight is 313 g/mol. The smallest absolute Gasteiger partial charge is 0.175 e. The molecule has 0 bridgehead atoms. The third kappa shape index (κ3) is 4.78. The summed E-state index contributed by atoms with van der Waals surface area (Å²) in [6.07, 6.45) is 3.03. The van der Waals surface area contributed by atoms with Gasteiger partial charge in [-0.05, 0) is 49.4 Å². The fraction of sp³-hybridized carbons (Fsp3) is 0.600. The molecule has 0 heterocycles. The molecule has 0 saturated heterocycles. The fourth-order valence-corrected chi connectivity index (χ4v) is 3.34. The second-order valence-corrected chi connectivity index (χ2v) is 7.86. The van der Waals surface area contributed by atoms with Crippen molar-refractivity contribution in [2.75, 3.05) is 19.3 Å². The maximum atomic E-state index is 11.4. The Morgan fingerprint density at radius 1 is 1.29 bits per heavy atom. The lowest BCUT2D eigenvalue weighted by atomic mass is 10.1. The van der Waals surface area contributed by atoms with Crippen molar-refractivity contribution in [3.8, 4) is 0 Å². The summed E-state index contributed by atoms with van der Waals surface area (Å²) >= 11 is 0. The molecule has 0 radical (unpaired) electrons. The molecule has 0 aliphatic heterocycles. The maximum absolute atomic E-state index is 11.4. The fourth-order valence-electron chi connectivity index (χ4n) is 2.71. The van der Waals surface area contributed by atoms with Gasteiger partial charge in [-0.15, -0.1) is 0 Å². The first-order valence-corrected chi connectivity index (χ1v) is 9.12. The van der Waals surface area contributed by atoms with Gasteiger partial charge in [-0.25, -0.2) is 8.42 Å². The van der Waals surface area contributed by atoms with E-state index in [4.69, 9.17) is 0 Å². The monoisotopic (exact) mass is 313 g/mol. The Kier molecular flexibility index (Phi) is 5.37. The van der Waals surface area contributed by atoms with Gasteiger partial charge in [-0.1, -0.05) is 12.1 Å². The number of rotatable bonds is 6. The van der Waals surface area contributed by atoms with Crippen LogP contribution in [0.25, 0.3) is 0 Å². The second-order valence-electron chi connectivity index (χ2n) is 5.85. The van der Waals surface area contributed by atoms with Crippen molar-refractivity contribution < 1.29 is 18.6 Å². The van der Waals surface area contributed by atoms with Gasteiger partial charge in [0.2, 0.25) is 0 Å². The van der Waals surface area contributed by atoms with Crippen molar-refractivity contribution in [3.63, 3.8) is 0 Å². The van der Waals surface area contributed by atoms with Gasteiger partial charge in [0.25, 0.3) is 0 Å². The Balaban J connectivity index is 1.81. The van der Waals surface area contributed by atoms with E-state index >= 15 is 0 Å². The van der Waals surface area contributed by atoms with E-state index in [1.807, 2.05) is 0 Å². The molecule has 1 fully saturated rings. The molecule has 0 aromatic heterocycles. The number of hydrogen-bond donors (Lipinski definition) is 3. The maximum Gasteiger partial charge on any atom is 0.175 e. The molecule has 0 spiro atoms. The van der Waals surface area contributed by atoms with Crippen molar-refractivity contribution in [1.29, 1.82) is 0 Å². The van der Waals surface area contributed by atoms with Gasteiger partial charge in [-0.3, -0.25) is 0 Å². The molecule has 6 heteroatoms. The van der Waals surface area contributed by atoms with Crippen molar-refractivity contribution in [3.05, 3.63) is 29.8 Å². The Bertz CT molecular complexity index is 556. The SMILES string of the molecule is CS(=O)(=O)c1ccc(C(O)CNCC2CCC(O)C2)cc1. The lowest BCUT2D eigenvalue weighted by Gasteiger charge is -2.15. The highest BCUT2D eigenvalue weighted by Crippen LogP contribution is 2.24. The van der Waals surface area contributed by atoms with E-state index in [2.05, 4.69) is 5.32 Å². The van der Waals surface area contributed by atoms with Crippen LogP contribution >= 0.6 is 0 Å². The predicted octanol–water partition coefficient (Wildman–Crippen LogP) is 0.874. The summed E-state index contributed by atoms with van der Waals surface area (Å²) in [5, 5.41) is 22.7. The minimum atomic E-state index is -3.20. The van der Waals surface area contributed by atoms with Crippen LogP contribution in [0.5, 0.6) is 0 Å². The van der Waals surface area contributed by atoms with Crippen LogP contribution in [0, 0.1) is 5.92 Å². The van der Waals surface area contributed by atoms with Crippen LogP contribution in [0.1, 0.15) is 30.9 Å². The van der Waals surface area contributed by atoms with E-state index < -0.39 is 15.9 Å². The molecule has 118 valence electrons. The minimum absolute atomic E-state index is 0.176. The van der Waals surface area contributed by atoms with E-state index in [0.717, 1.165) is 32.1 Å². The molecule has 2 rings (SSSR count). The molecule has 3 N–H and O–H groups in total. The lowest BCUT2D eigenvalue weighted by Crippen LogP contribution is -2.26. The Morgan fingerprint density at radius 3 is 2.48 bits per heavy atom. The van der Waals surface area contributed by atoms with E-state index in [0.29, 0.717) is 18.0 Å². The quantitative estimate of drug-likeness (QED) is 0.725. The van der Waals surface area contributed by atoms with Gasteiger partial charge in [0.1, 0.15) is 0 Å². The van der Waals surface area contributed by atoms with Crippen LogP contribution in [0.4, 0.5) is 0 Å². The van der Waals surface area contributed by atoms with E-state index in [1.54, 1.807) is 12.1 Å². The minimum Gasteiger partial charge on any atom is -0.393 e. The summed E-state index contributed by atoms with van der Waals surface area (Å²) in [5.74, 6) is 0.472. The zero-order valence-corrected chi connectivity index (χ0v) is 13.0. The molecule has 1 aromatic carbocycles. The molecule has 0 amide bonds. The highest BCUT2D eigenvalue weighted by molar-refractivity contribution is 7.90. The second kappa shape index (κ2) is 6.87. The molecule has 3 unspecified atom stereocenters. The molecular formula is C15H23NO4S. The normalized spacial score (nSPS) is 24.1. The van der Waals surface area contributed by atoms with Gasteiger partial charge in [-0.2, -0.15) is 0 Å². The number of benzene rings is 1. The summed E-state index contributed by atoms with van der Waals surface area (Å²) in [6.45, 7) is 1.21. The van der Waals surface area contributed by atoms with Crippen molar-refractivity contribution in [2.45, 2.75) is 36.4 Å². The highest BCUT2D eigenvalue weighted by atomic mass is 32.2. The molecule has 5 nitrogen and oxygen atoms in total. The third-order valence-corrected chi connectivity index (χ3v) is 5.11. The molecule has 3 atom stereocenters. The Labute approximate surface area is 125 Å². The number of nitrogens with one attached hydrogen (secondary N) is 1. The predicted molar refractivity (Wildman–Crippen MR) is 80.7 cm³/mol. The first-order valence-electron chi connectivity index (χ1n) is 7.23. The summed E-state index contributed by atoms with van der Waals surface area (Å²) in [4.78, 5) is 0.256. The summed E-state index contributed by atoms with van der Waals surface area (Å²) in [6, 6.07) is 6.31. The van der Waals surface area contributed by atoms with Crippen molar-refractivity contribution >= 4 is 9.84 Å². The Morgan fingerprint density at radius 2 is 1.95 bits per heavy atom. The van der Waals surface area contributed by atoms with Crippen molar-refractivity contribution in [2.24, 2.45) is 5.92 Å². The molecule has 1 aliphatic rings. The summed E-state index contributed by atoms with van der Waals surface area (Å²) in [5.41, 5.74) is 0.696. The number of aliphatic hydroxyl groups excluding tert-OH is 2. The van der Waals surface area contributed by atoms with Gasteiger partial charge < -0.3 is 15.5 Å². The van der Waals surface area contributed by atoms with Gasteiger partial charge in [0, 0.05) is 12.8 Å². The standard InChI is InChI=1S/C15H23NO4S/c1-21(19,20)14-6-3-12(4-7-14)15(18)10-16-9-11-2-5-13(17)8-11/h3-4,6-7,11,13,15-18H,2,5,8-10H2,1H3. The van der Waals surface area contributed by atoms with Crippen molar-refractivity contribution in [1.82, 2.24) is 5.32 Å². The zero-order valence-electron chi connectivity index (χ0n) is 12.2. The van der Waals surface area contributed by atoms with Gasteiger partial charge in [0.05, 0.1) is 17.1 Å². The largest absolute Gasteiger partial charge is 0.393 e. The molecule has 1 saturated carbocycles.